The van der Waals surface area contributed by atoms with Gasteiger partial charge in [0.1, 0.15) is 0 Å². The highest BCUT2D eigenvalue weighted by atomic mass is 16.5. The highest BCUT2D eigenvalue weighted by Crippen LogP contribution is 2.23. The Labute approximate surface area is 104 Å². The molecule has 0 spiro atoms. The van der Waals surface area contributed by atoms with Crippen molar-refractivity contribution in [2.75, 3.05) is 7.11 Å². The van der Waals surface area contributed by atoms with Crippen molar-refractivity contribution in [3.63, 3.8) is 0 Å². The van der Waals surface area contributed by atoms with Gasteiger partial charge in [0.05, 0.1) is 13.5 Å². The van der Waals surface area contributed by atoms with E-state index in [0.717, 1.165) is 11.1 Å². The standard InChI is InChI=1S/C13H12N2O3/c1-18-13-10(6-12(16)17)5-11(8-15-13)9-3-2-4-14-7-9/h2-5,7-8H,6H2,1H3,(H,16,17). The molecule has 2 aromatic heterocycles. The molecular formula is C13H12N2O3. The first-order chi connectivity index (χ1) is 8.70. The first-order valence-corrected chi connectivity index (χ1v) is 5.36. The summed E-state index contributed by atoms with van der Waals surface area (Å²) in [4.78, 5) is 18.9. The summed E-state index contributed by atoms with van der Waals surface area (Å²) in [5, 5.41) is 8.85. The summed E-state index contributed by atoms with van der Waals surface area (Å²) < 4.78 is 5.05. The smallest absolute Gasteiger partial charge is 0.308 e. The molecule has 0 aromatic carbocycles. The molecule has 18 heavy (non-hydrogen) atoms. The number of aromatic nitrogens is 2. The maximum Gasteiger partial charge on any atom is 0.308 e. The fraction of sp³-hybridized carbons (Fsp3) is 0.154. The second-order valence-electron chi connectivity index (χ2n) is 3.70. The highest BCUT2D eigenvalue weighted by molar-refractivity contribution is 5.72. The fourth-order valence-electron chi connectivity index (χ4n) is 1.66. The third-order valence-corrected chi connectivity index (χ3v) is 2.46. The molecule has 0 aliphatic heterocycles. The molecule has 0 radical (unpaired) electrons. The summed E-state index contributed by atoms with van der Waals surface area (Å²) >= 11 is 0. The van der Waals surface area contributed by atoms with E-state index in [0.29, 0.717) is 11.4 Å². The third kappa shape index (κ3) is 2.63. The topological polar surface area (TPSA) is 72.3 Å². The summed E-state index contributed by atoms with van der Waals surface area (Å²) in [6.45, 7) is 0. The van der Waals surface area contributed by atoms with Crippen LogP contribution in [0.1, 0.15) is 5.56 Å². The number of nitrogens with zero attached hydrogens (tertiary/aromatic N) is 2. The van der Waals surface area contributed by atoms with Crippen LogP contribution >= 0.6 is 0 Å². The number of carboxylic acid groups (broad SMARTS) is 1. The molecule has 92 valence electrons. The van der Waals surface area contributed by atoms with Crippen molar-refractivity contribution in [3.8, 4) is 17.0 Å². The van der Waals surface area contributed by atoms with Gasteiger partial charge in [-0.2, -0.15) is 0 Å². The van der Waals surface area contributed by atoms with Crippen molar-refractivity contribution < 1.29 is 14.6 Å². The minimum atomic E-state index is -0.918. The number of pyridine rings is 2. The first-order valence-electron chi connectivity index (χ1n) is 5.36. The van der Waals surface area contributed by atoms with Crippen LogP contribution < -0.4 is 4.74 Å². The lowest BCUT2D eigenvalue weighted by Crippen LogP contribution is -2.04. The molecule has 5 heteroatoms. The molecule has 5 nitrogen and oxygen atoms in total. The van der Waals surface area contributed by atoms with Gasteiger partial charge >= 0.3 is 5.97 Å². The molecule has 0 atom stereocenters. The van der Waals surface area contributed by atoms with Crippen LogP contribution in [0, 0.1) is 0 Å². The molecule has 0 unspecified atom stereocenters. The maximum absolute atomic E-state index is 10.8. The van der Waals surface area contributed by atoms with E-state index in [1.165, 1.54) is 7.11 Å². The molecule has 0 saturated heterocycles. The number of ether oxygens (including phenoxy) is 1. The number of aliphatic carboxylic acids is 1. The van der Waals surface area contributed by atoms with E-state index in [-0.39, 0.29) is 6.42 Å². The first kappa shape index (κ1) is 12.0. The minimum Gasteiger partial charge on any atom is -0.481 e. The molecule has 0 aliphatic rings. The number of carbonyl (C=O) groups is 1. The normalized spacial score (nSPS) is 10.1. The lowest BCUT2D eigenvalue weighted by molar-refractivity contribution is -0.136. The quantitative estimate of drug-likeness (QED) is 0.887. The highest BCUT2D eigenvalue weighted by Gasteiger charge is 2.10. The van der Waals surface area contributed by atoms with E-state index in [2.05, 4.69) is 9.97 Å². The zero-order chi connectivity index (χ0) is 13.0. The van der Waals surface area contributed by atoms with Gasteiger partial charge in [-0.1, -0.05) is 6.07 Å². The van der Waals surface area contributed by atoms with Crippen LogP contribution in [-0.4, -0.2) is 28.2 Å². The van der Waals surface area contributed by atoms with Gasteiger partial charge in [0.15, 0.2) is 0 Å². The van der Waals surface area contributed by atoms with Crippen molar-refractivity contribution >= 4 is 5.97 Å². The summed E-state index contributed by atoms with van der Waals surface area (Å²) in [5.41, 5.74) is 2.26. The van der Waals surface area contributed by atoms with Gasteiger partial charge in [-0.15, -0.1) is 0 Å². The second kappa shape index (κ2) is 5.27. The third-order valence-electron chi connectivity index (χ3n) is 2.46. The Balaban J connectivity index is 2.42. The predicted octanol–water partition coefficient (Wildman–Crippen LogP) is 1.78. The largest absolute Gasteiger partial charge is 0.481 e. The summed E-state index contributed by atoms with van der Waals surface area (Å²) in [6, 6.07) is 5.47. The van der Waals surface area contributed by atoms with Gasteiger partial charge in [-0.3, -0.25) is 9.78 Å². The molecule has 2 heterocycles. The average molecular weight is 244 g/mol. The summed E-state index contributed by atoms with van der Waals surface area (Å²) in [7, 11) is 1.47. The fourth-order valence-corrected chi connectivity index (χ4v) is 1.66. The number of carboxylic acids is 1. The Morgan fingerprint density at radius 1 is 1.39 bits per heavy atom. The zero-order valence-electron chi connectivity index (χ0n) is 9.83. The van der Waals surface area contributed by atoms with Crippen LogP contribution in [0.5, 0.6) is 5.88 Å². The Bertz CT molecular complexity index is 555. The molecule has 0 amide bonds. The molecular weight excluding hydrogens is 232 g/mol. The van der Waals surface area contributed by atoms with Crippen LogP contribution in [0.4, 0.5) is 0 Å². The van der Waals surface area contributed by atoms with Crippen molar-refractivity contribution in [2.24, 2.45) is 0 Å². The zero-order valence-corrected chi connectivity index (χ0v) is 9.83. The monoisotopic (exact) mass is 244 g/mol. The van der Waals surface area contributed by atoms with Crippen molar-refractivity contribution in [1.29, 1.82) is 0 Å². The van der Waals surface area contributed by atoms with Crippen LogP contribution in [0.2, 0.25) is 0 Å². The van der Waals surface area contributed by atoms with Crippen molar-refractivity contribution in [3.05, 3.63) is 42.4 Å². The molecule has 2 rings (SSSR count). The number of methoxy groups -OCH3 is 1. The van der Waals surface area contributed by atoms with Gasteiger partial charge in [0.2, 0.25) is 5.88 Å². The SMILES string of the molecule is COc1ncc(-c2cccnc2)cc1CC(=O)O. The van der Waals surface area contributed by atoms with Crippen molar-refractivity contribution in [2.45, 2.75) is 6.42 Å². The lowest BCUT2D eigenvalue weighted by atomic mass is 10.1. The predicted molar refractivity (Wildman–Crippen MR) is 65.4 cm³/mol. The average Bonchev–Trinajstić information content (AvgIpc) is 2.39. The Morgan fingerprint density at radius 3 is 2.83 bits per heavy atom. The van der Waals surface area contributed by atoms with Crippen LogP contribution in [0.15, 0.2) is 36.8 Å². The Kier molecular flexibility index (Phi) is 3.52. The van der Waals surface area contributed by atoms with E-state index in [4.69, 9.17) is 9.84 Å². The van der Waals surface area contributed by atoms with E-state index < -0.39 is 5.97 Å². The van der Waals surface area contributed by atoms with Gasteiger partial charge in [-0.25, -0.2) is 4.98 Å². The molecule has 0 aliphatic carbocycles. The molecule has 2 aromatic rings. The van der Waals surface area contributed by atoms with Gasteiger partial charge < -0.3 is 9.84 Å². The molecule has 1 N–H and O–H groups in total. The summed E-state index contributed by atoms with van der Waals surface area (Å²) in [6.07, 6.45) is 4.90. The van der Waals surface area contributed by atoms with E-state index >= 15 is 0 Å². The van der Waals surface area contributed by atoms with Gasteiger partial charge in [-0.05, 0) is 12.1 Å². The van der Waals surface area contributed by atoms with Gasteiger partial charge in [0.25, 0.3) is 0 Å². The Hall–Kier alpha value is -2.43. The van der Waals surface area contributed by atoms with E-state index in [9.17, 15) is 4.79 Å². The van der Waals surface area contributed by atoms with Crippen LogP contribution in [0.25, 0.3) is 11.1 Å². The lowest BCUT2D eigenvalue weighted by Gasteiger charge is -2.08. The second-order valence-corrected chi connectivity index (χ2v) is 3.70. The molecule has 0 fully saturated rings. The Morgan fingerprint density at radius 2 is 2.22 bits per heavy atom. The molecule has 0 bridgehead atoms. The van der Waals surface area contributed by atoms with Gasteiger partial charge in [0, 0.05) is 35.3 Å². The maximum atomic E-state index is 10.8. The van der Waals surface area contributed by atoms with E-state index in [1.807, 2.05) is 12.1 Å². The van der Waals surface area contributed by atoms with Crippen LogP contribution in [0.3, 0.4) is 0 Å². The summed E-state index contributed by atoms with van der Waals surface area (Å²) in [5.74, 6) is -0.580. The molecule has 0 saturated carbocycles. The van der Waals surface area contributed by atoms with Crippen molar-refractivity contribution in [1.82, 2.24) is 9.97 Å². The number of hydrogen-bond acceptors (Lipinski definition) is 4. The minimum absolute atomic E-state index is 0.121. The van der Waals surface area contributed by atoms with Crippen LogP contribution in [-0.2, 0) is 11.2 Å². The number of rotatable bonds is 4. The van der Waals surface area contributed by atoms with E-state index in [1.54, 1.807) is 24.7 Å². The number of hydrogen-bond donors (Lipinski definition) is 1.